The third kappa shape index (κ3) is 6.81. The molecule has 0 fully saturated rings. The van der Waals surface area contributed by atoms with Crippen molar-refractivity contribution in [2.75, 3.05) is 10.6 Å². The van der Waals surface area contributed by atoms with E-state index in [1.54, 1.807) is 24.5 Å². The van der Waals surface area contributed by atoms with Gasteiger partial charge in [0.25, 0.3) is 0 Å². The van der Waals surface area contributed by atoms with Crippen LogP contribution >= 0.6 is 15.9 Å². The molecule has 0 aliphatic heterocycles. The molecule has 1 aromatic carbocycles. The molecule has 34 heavy (non-hydrogen) atoms. The summed E-state index contributed by atoms with van der Waals surface area (Å²) in [4.78, 5) is 31.3. The Morgan fingerprint density at radius 2 is 1.97 bits per heavy atom. The molecule has 0 unspecified atom stereocenters. The normalized spacial score (nSPS) is 11.7. The molecule has 178 valence electrons. The number of nitrogens with one attached hydrogen (secondary N) is 2. The van der Waals surface area contributed by atoms with Crippen molar-refractivity contribution >= 4 is 45.1 Å². The van der Waals surface area contributed by atoms with Crippen molar-refractivity contribution in [3.8, 4) is 0 Å². The lowest BCUT2D eigenvalue weighted by molar-refractivity contribution is -0.199. The first-order valence-corrected chi connectivity index (χ1v) is 10.0. The zero-order valence-electron chi connectivity index (χ0n) is 16.8. The zero-order chi connectivity index (χ0) is 24.7. The molecule has 0 bridgehead atoms. The van der Waals surface area contributed by atoms with E-state index in [0.717, 1.165) is 11.6 Å². The van der Waals surface area contributed by atoms with E-state index >= 15 is 0 Å². The minimum absolute atomic E-state index is 0.00582. The largest absolute Gasteiger partial charge is 0.493 e. The number of carbonyl (C=O) groups is 2. The van der Waals surface area contributed by atoms with E-state index in [1.807, 2.05) is 0 Å². The van der Waals surface area contributed by atoms with Crippen LogP contribution in [0.15, 0.2) is 57.0 Å². The second-order valence-electron chi connectivity index (χ2n) is 6.44. The van der Waals surface area contributed by atoms with Gasteiger partial charge in [-0.3, -0.25) is 9.78 Å². The van der Waals surface area contributed by atoms with Gasteiger partial charge in [-0.05, 0) is 62.5 Å². The SMILES string of the molecule is O=C(CCc1cccnc1)Nc1nonc1/C(=N\OC(=O)C(F)(F)F)Nc1ccc(F)c(Br)c1. The van der Waals surface area contributed by atoms with Gasteiger partial charge in [0.15, 0.2) is 5.69 Å². The standard InChI is InChI=1S/C19H13BrF4N6O4/c20-12-8-11(4-5-13(12)21)26-16(29-33-18(32)19(22,23)24)15-17(30-34-28-15)27-14(31)6-3-10-2-1-7-25-9-10/h1-2,4-5,7-9H,3,6H2,(H,26,29)(H,27,30,31). The summed E-state index contributed by atoms with van der Waals surface area (Å²) in [6.45, 7) is 0. The minimum Gasteiger partial charge on any atom is -0.335 e. The van der Waals surface area contributed by atoms with Crippen molar-refractivity contribution in [1.82, 2.24) is 15.3 Å². The molecule has 2 aromatic heterocycles. The highest BCUT2D eigenvalue weighted by atomic mass is 79.9. The predicted octanol–water partition coefficient (Wildman–Crippen LogP) is 3.82. The molecular formula is C19H13BrF4N6O4. The summed E-state index contributed by atoms with van der Waals surface area (Å²) in [6.07, 6.45) is -1.81. The maximum atomic E-state index is 13.5. The Morgan fingerprint density at radius 1 is 1.18 bits per heavy atom. The number of amides is 1. The molecule has 1 amide bonds. The van der Waals surface area contributed by atoms with Crippen LogP contribution in [0.2, 0.25) is 0 Å². The number of aromatic nitrogens is 3. The quantitative estimate of drug-likeness (QED) is 0.151. The summed E-state index contributed by atoms with van der Waals surface area (Å²) in [5, 5.41) is 15.0. The fourth-order valence-corrected chi connectivity index (χ4v) is 2.78. The van der Waals surface area contributed by atoms with Gasteiger partial charge >= 0.3 is 12.1 Å². The third-order valence-electron chi connectivity index (χ3n) is 3.97. The van der Waals surface area contributed by atoms with Crippen LogP contribution in [0, 0.1) is 5.82 Å². The number of halogens is 5. The summed E-state index contributed by atoms with van der Waals surface area (Å²) in [7, 11) is 0. The monoisotopic (exact) mass is 544 g/mol. The summed E-state index contributed by atoms with van der Waals surface area (Å²) in [5.41, 5.74) is 0.526. The Labute approximate surface area is 196 Å². The lowest BCUT2D eigenvalue weighted by atomic mass is 10.1. The second kappa shape index (κ2) is 10.8. The minimum atomic E-state index is -5.32. The van der Waals surface area contributed by atoms with E-state index in [0.29, 0.717) is 6.42 Å². The number of aryl methyl sites for hydroxylation is 1. The van der Waals surface area contributed by atoms with Crippen molar-refractivity contribution in [2.45, 2.75) is 19.0 Å². The predicted molar refractivity (Wildman–Crippen MR) is 112 cm³/mol. The number of anilines is 2. The highest BCUT2D eigenvalue weighted by Crippen LogP contribution is 2.22. The summed E-state index contributed by atoms with van der Waals surface area (Å²) in [6, 6.07) is 6.98. The van der Waals surface area contributed by atoms with E-state index in [1.165, 1.54) is 12.1 Å². The topological polar surface area (TPSA) is 132 Å². The lowest BCUT2D eigenvalue weighted by Gasteiger charge is -2.10. The van der Waals surface area contributed by atoms with Crippen LogP contribution in [-0.4, -0.2) is 39.2 Å². The average Bonchev–Trinajstić information content (AvgIpc) is 3.25. The maximum Gasteiger partial charge on any atom is 0.493 e. The van der Waals surface area contributed by atoms with Crippen molar-refractivity contribution in [2.24, 2.45) is 5.16 Å². The zero-order valence-corrected chi connectivity index (χ0v) is 18.4. The van der Waals surface area contributed by atoms with Gasteiger partial charge in [0.05, 0.1) is 4.47 Å². The van der Waals surface area contributed by atoms with E-state index in [2.05, 4.69) is 56.5 Å². The van der Waals surface area contributed by atoms with Gasteiger partial charge in [-0.2, -0.15) is 13.2 Å². The smallest absolute Gasteiger partial charge is 0.335 e. The van der Waals surface area contributed by atoms with Crippen molar-refractivity contribution < 1.29 is 36.6 Å². The number of alkyl halides is 3. The van der Waals surface area contributed by atoms with Crippen molar-refractivity contribution in [3.63, 3.8) is 0 Å². The van der Waals surface area contributed by atoms with Gasteiger partial charge in [-0.1, -0.05) is 11.2 Å². The van der Waals surface area contributed by atoms with Crippen molar-refractivity contribution in [1.29, 1.82) is 0 Å². The highest BCUT2D eigenvalue weighted by Gasteiger charge is 2.42. The molecule has 3 rings (SSSR count). The van der Waals surface area contributed by atoms with Crippen LogP contribution in [-0.2, 0) is 20.8 Å². The number of rotatable bonds is 7. The summed E-state index contributed by atoms with van der Waals surface area (Å²) < 4.78 is 55.7. The van der Waals surface area contributed by atoms with E-state index < -0.39 is 29.7 Å². The van der Waals surface area contributed by atoms with Crippen LogP contribution in [0.3, 0.4) is 0 Å². The average molecular weight is 545 g/mol. The number of hydrogen-bond acceptors (Lipinski definition) is 8. The van der Waals surface area contributed by atoms with Gasteiger partial charge < -0.3 is 15.5 Å². The van der Waals surface area contributed by atoms with Gasteiger partial charge in [-0.25, -0.2) is 13.8 Å². The first-order chi connectivity index (χ1) is 16.1. The number of oxime groups is 1. The molecule has 2 N–H and O–H groups in total. The fraction of sp³-hybridized carbons (Fsp3) is 0.158. The Balaban J connectivity index is 1.81. The van der Waals surface area contributed by atoms with Crippen molar-refractivity contribution in [3.05, 3.63) is 64.3 Å². The molecule has 0 atom stereocenters. The number of carbonyl (C=O) groups excluding carboxylic acids is 2. The maximum absolute atomic E-state index is 13.5. The van der Waals surface area contributed by atoms with Crippen LogP contribution in [0.4, 0.5) is 29.1 Å². The van der Waals surface area contributed by atoms with Crippen LogP contribution in [0.1, 0.15) is 17.7 Å². The number of hydrogen-bond donors (Lipinski definition) is 2. The Hall–Kier alpha value is -3.88. The highest BCUT2D eigenvalue weighted by molar-refractivity contribution is 9.10. The molecule has 0 saturated heterocycles. The van der Waals surface area contributed by atoms with Gasteiger partial charge in [0, 0.05) is 24.5 Å². The van der Waals surface area contributed by atoms with E-state index in [4.69, 9.17) is 0 Å². The molecular weight excluding hydrogens is 532 g/mol. The Morgan fingerprint density at radius 3 is 2.65 bits per heavy atom. The first-order valence-electron chi connectivity index (χ1n) is 9.23. The third-order valence-corrected chi connectivity index (χ3v) is 4.58. The number of nitrogens with zero attached hydrogens (tertiary/aromatic N) is 4. The lowest BCUT2D eigenvalue weighted by Crippen LogP contribution is -2.25. The van der Waals surface area contributed by atoms with Gasteiger partial charge in [-0.15, -0.1) is 0 Å². The number of benzene rings is 1. The van der Waals surface area contributed by atoms with Crippen LogP contribution < -0.4 is 10.6 Å². The van der Waals surface area contributed by atoms with E-state index in [-0.39, 0.29) is 28.1 Å². The molecule has 15 heteroatoms. The number of amidine groups is 1. The fourth-order valence-electron chi connectivity index (χ4n) is 2.40. The number of pyridine rings is 1. The first kappa shape index (κ1) is 24.8. The molecule has 2 heterocycles. The molecule has 3 aromatic rings. The molecule has 0 aliphatic carbocycles. The molecule has 0 radical (unpaired) electrons. The summed E-state index contributed by atoms with van der Waals surface area (Å²) >= 11 is 2.96. The second-order valence-corrected chi connectivity index (χ2v) is 7.30. The molecule has 0 saturated carbocycles. The molecule has 10 nitrogen and oxygen atoms in total. The van der Waals surface area contributed by atoms with Gasteiger partial charge in [0.1, 0.15) is 5.82 Å². The van der Waals surface area contributed by atoms with E-state index in [9.17, 15) is 27.2 Å². The summed E-state index contributed by atoms with van der Waals surface area (Å²) in [5.74, 6) is -4.65. The van der Waals surface area contributed by atoms with Gasteiger partial charge in [0.2, 0.25) is 17.6 Å². The Kier molecular flexibility index (Phi) is 7.88. The van der Waals surface area contributed by atoms with Crippen LogP contribution in [0.5, 0.6) is 0 Å². The Bertz CT molecular complexity index is 1200. The molecule has 0 spiro atoms. The molecule has 0 aliphatic rings. The van der Waals surface area contributed by atoms with Crippen LogP contribution in [0.25, 0.3) is 0 Å².